The highest BCUT2D eigenvalue weighted by atomic mass is 32.1. The van der Waals surface area contributed by atoms with Crippen molar-refractivity contribution in [3.05, 3.63) is 110 Å². The van der Waals surface area contributed by atoms with Gasteiger partial charge < -0.3 is 29.2 Å². The third-order valence-electron chi connectivity index (χ3n) is 7.77. The van der Waals surface area contributed by atoms with E-state index in [2.05, 4.69) is 0 Å². The van der Waals surface area contributed by atoms with Crippen LogP contribution in [0.3, 0.4) is 0 Å². The lowest BCUT2D eigenvalue weighted by atomic mass is 9.87. The van der Waals surface area contributed by atoms with Crippen molar-refractivity contribution in [3.8, 4) is 17.2 Å². The molecule has 0 spiro atoms. The van der Waals surface area contributed by atoms with Gasteiger partial charge in [0.1, 0.15) is 22.7 Å². The van der Waals surface area contributed by atoms with E-state index in [0.717, 1.165) is 6.42 Å². The molecular formula is C37H38O9S. The zero-order valence-electron chi connectivity index (χ0n) is 26.5. The third-order valence-corrected chi connectivity index (χ3v) is 8.06. The number of allylic oxidation sites excluding steroid dienone is 3. The molecule has 47 heavy (non-hydrogen) atoms. The fourth-order valence-electron chi connectivity index (χ4n) is 5.41. The number of carboxylic acid groups (broad SMARTS) is 1. The molecule has 0 fully saturated rings. The second kappa shape index (κ2) is 16.2. The lowest BCUT2D eigenvalue weighted by Crippen LogP contribution is -2.45. The summed E-state index contributed by atoms with van der Waals surface area (Å²) in [5, 5.41) is 32.4. The number of carboxylic acids is 1. The number of aliphatic hydroxyl groups is 1. The molecule has 10 heteroatoms. The van der Waals surface area contributed by atoms with E-state index in [9.17, 15) is 29.7 Å². The molecule has 0 unspecified atom stereocenters. The summed E-state index contributed by atoms with van der Waals surface area (Å²) in [5.41, 5.74) is 0.670. The Morgan fingerprint density at radius 2 is 1.96 bits per heavy atom. The van der Waals surface area contributed by atoms with Crippen LogP contribution in [0.15, 0.2) is 69.9 Å². The summed E-state index contributed by atoms with van der Waals surface area (Å²) in [4.78, 5) is 38.4. The van der Waals surface area contributed by atoms with Gasteiger partial charge in [-0.05, 0) is 62.1 Å². The minimum Gasteiger partial charge on any atom is -0.507 e. The summed E-state index contributed by atoms with van der Waals surface area (Å²) in [7, 11) is 1.49. The summed E-state index contributed by atoms with van der Waals surface area (Å²) in [6.45, 7) is 3.76. The number of Topliss-reactive ketones (excluding diaryl/α,β-unsaturated/α-hetero) is 1. The van der Waals surface area contributed by atoms with Gasteiger partial charge in [-0.3, -0.25) is 9.59 Å². The van der Waals surface area contributed by atoms with E-state index in [0.29, 0.717) is 59.8 Å². The standard InChI is InChI=1S/C37H38O9S/c1-4-11-27-30(18-17-26(22(2)38)34(27)40)45-19-9-7-5-6-8-14-29(33(39)23-12-10-13-24(20-23)44-3)32-35(41)28-16-15-25(47)21-31(28)46-36(32)37(42)43/h5-6,8,10,12-14,16-18,20-21,29,33,39-40H,4,7,9,11,15,19H2,1-3H3,(H,42,43)/b6-5-,14-8+/t29-,33-/m0/s1. The van der Waals surface area contributed by atoms with Crippen molar-refractivity contribution >= 4 is 41.0 Å². The van der Waals surface area contributed by atoms with Crippen LogP contribution in [0.25, 0.3) is 12.2 Å². The second-order valence-electron chi connectivity index (χ2n) is 11.1. The number of phenols is 1. The molecule has 4 rings (SSSR count). The summed E-state index contributed by atoms with van der Waals surface area (Å²) >= 11 is 5.22. The molecule has 1 heterocycles. The number of hydrogen-bond acceptors (Lipinski definition) is 9. The lowest BCUT2D eigenvalue weighted by Gasteiger charge is -2.22. The summed E-state index contributed by atoms with van der Waals surface area (Å²) in [6, 6.07) is 9.98. The van der Waals surface area contributed by atoms with Crippen molar-refractivity contribution in [1.29, 1.82) is 0 Å². The number of rotatable bonds is 15. The van der Waals surface area contributed by atoms with Gasteiger partial charge in [0.2, 0.25) is 5.76 Å². The maximum atomic E-state index is 13.8. The predicted octanol–water partition coefficient (Wildman–Crippen LogP) is 5.33. The Labute approximate surface area is 277 Å². The van der Waals surface area contributed by atoms with Crippen LogP contribution < -0.4 is 25.5 Å². The number of aliphatic hydroxyl groups excluding tert-OH is 1. The van der Waals surface area contributed by atoms with E-state index in [1.54, 1.807) is 60.7 Å². The molecule has 2 atom stereocenters. The maximum absolute atomic E-state index is 13.8. The zero-order chi connectivity index (χ0) is 34.1. The number of aromatic carboxylic acids is 1. The average molecular weight is 659 g/mol. The number of fused-ring (bicyclic) bond motifs is 1. The fraction of sp³-hybridized carbons (Fsp3) is 0.297. The Bertz CT molecular complexity index is 1900. The van der Waals surface area contributed by atoms with Gasteiger partial charge >= 0.3 is 5.97 Å². The first-order valence-corrected chi connectivity index (χ1v) is 15.8. The van der Waals surface area contributed by atoms with E-state index in [1.165, 1.54) is 20.1 Å². The molecule has 0 amide bonds. The van der Waals surface area contributed by atoms with Gasteiger partial charge in [-0.1, -0.05) is 68.1 Å². The quantitative estimate of drug-likeness (QED) is 0.0849. The van der Waals surface area contributed by atoms with Crippen LogP contribution in [0.2, 0.25) is 0 Å². The molecule has 1 aliphatic carbocycles. The molecule has 0 aliphatic heterocycles. The van der Waals surface area contributed by atoms with Crippen molar-refractivity contribution in [3.63, 3.8) is 0 Å². The molecular weight excluding hydrogens is 620 g/mol. The Hall–Kier alpha value is -4.80. The molecule has 1 aliphatic rings. The second-order valence-corrected chi connectivity index (χ2v) is 11.6. The van der Waals surface area contributed by atoms with E-state index < -0.39 is 29.2 Å². The number of unbranched alkanes of at least 4 members (excludes halogenated alkanes) is 1. The Morgan fingerprint density at radius 3 is 2.66 bits per heavy atom. The minimum absolute atomic E-state index is 0.0360. The molecule has 246 valence electrons. The molecule has 0 saturated carbocycles. The molecule has 1 aromatic heterocycles. The highest BCUT2D eigenvalue weighted by Crippen LogP contribution is 2.34. The van der Waals surface area contributed by atoms with E-state index in [1.807, 2.05) is 13.0 Å². The smallest absolute Gasteiger partial charge is 0.372 e. The summed E-state index contributed by atoms with van der Waals surface area (Å²) in [5.74, 6) is -2.30. The molecule has 3 N–H and O–H groups in total. The van der Waals surface area contributed by atoms with Crippen molar-refractivity contribution in [2.24, 2.45) is 0 Å². The first kappa shape index (κ1) is 35.1. The van der Waals surface area contributed by atoms with Crippen LogP contribution in [0, 0.1) is 0 Å². The number of methoxy groups -OCH3 is 1. The maximum Gasteiger partial charge on any atom is 0.372 e. The van der Waals surface area contributed by atoms with Gasteiger partial charge in [0, 0.05) is 22.8 Å². The zero-order valence-corrected chi connectivity index (χ0v) is 27.3. The van der Waals surface area contributed by atoms with Gasteiger partial charge in [0.05, 0.1) is 36.2 Å². The van der Waals surface area contributed by atoms with Crippen LogP contribution in [0.1, 0.15) is 89.2 Å². The molecule has 0 bridgehead atoms. The number of benzene rings is 2. The van der Waals surface area contributed by atoms with E-state index >= 15 is 0 Å². The van der Waals surface area contributed by atoms with Crippen molar-refractivity contribution < 1.29 is 38.8 Å². The van der Waals surface area contributed by atoms with Crippen LogP contribution in [-0.4, -0.2) is 45.7 Å². The van der Waals surface area contributed by atoms with Crippen LogP contribution in [0.5, 0.6) is 17.2 Å². The molecule has 0 radical (unpaired) electrons. The number of ether oxygens (including phenoxy) is 2. The number of carbonyl (C=O) groups excluding carboxylic acids is 1. The van der Waals surface area contributed by atoms with Gasteiger partial charge in [0.25, 0.3) is 0 Å². The Balaban J connectivity index is 1.56. The highest BCUT2D eigenvalue weighted by Gasteiger charge is 2.31. The van der Waals surface area contributed by atoms with Gasteiger partial charge in [-0.25, -0.2) is 4.79 Å². The first-order valence-electron chi connectivity index (χ1n) is 15.4. The minimum atomic E-state index is -1.44. The molecule has 3 aromatic rings. The fourth-order valence-corrected chi connectivity index (χ4v) is 5.60. The number of carbonyl (C=O) groups is 2. The van der Waals surface area contributed by atoms with E-state index in [-0.39, 0.29) is 33.3 Å². The van der Waals surface area contributed by atoms with E-state index in [4.69, 9.17) is 26.1 Å². The van der Waals surface area contributed by atoms with Crippen molar-refractivity contribution in [2.75, 3.05) is 13.7 Å². The normalized spacial score (nSPS) is 13.9. The molecule has 2 aromatic carbocycles. The number of thiocarbonyl (C=S) groups is 1. The lowest BCUT2D eigenvalue weighted by molar-refractivity contribution is 0.0650. The molecule has 9 nitrogen and oxygen atoms in total. The SMILES string of the molecule is CCCc1c(OCCC/C=C\C=C\[C@@H](c2c(C(=O)O)oc3c(c2=O)=CCC(=S)C=3)[C@@H](O)c2cccc(OC)c2)ccc(C(C)=O)c1O. The monoisotopic (exact) mass is 658 g/mol. The Kier molecular flexibility index (Phi) is 12.1. The Morgan fingerprint density at radius 1 is 1.17 bits per heavy atom. The van der Waals surface area contributed by atoms with Gasteiger partial charge in [0.15, 0.2) is 11.2 Å². The van der Waals surface area contributed by atoms with Crippen molar-refractivity contribution in [1.82, 2.24) is 0 Å². The molecule has 0 saturated heterocycles. The number of phenolic OH excluding ortho intramolecular Hbond substituents is 1. The largest absolute Gasteiger partial charge is 0.507 e. The van der Waals surface area contributed by atoms with Gasteiger partial charge in [-0.15, -0.1) is 0 Å². The number of ketones is 1. The average Bonchev–Trinajstić information content (AvgIpc) is 3.05. The van der Waals surface area contributed by atoms with Crippen molar-refractivity contribution in [2.45, 2.75) is 58.0 Å². The predicted molar refractivity (Wildman–Crippen MR) is 183 cm³/mol. The van der Waals surface area contributed by atoms with Crippen LogP contribution in [-0.2, 0) is 6.42 Å². The van der Waals surface area contributed by atoms with Crippen LogP contribution >= 0.6 is 12.2 Å². The topological polar surface area (TPSA) is 144 Å². The first-order chi connectivity index (χ1) is 22.6. The number of aromatic hydroxyl groups is 1. The van der Waals surface area contributed by atoms with Crippen LogP contribution in [0.4, 0.5) is 0 Å². The third kappa shape index (κ3) is 8.33. The van der Waals surface area contributed by atoms with Gasteiger partial charge in [-0.2, -0.15) is 0 Å². The summed E-state index contributed by atoms with van der Waals surface area (Å²) in [6.07, 6.45) is 11.6. The number of hydrogen-bond donors (Lipinski definition) is 3. The summed E-state index contributed by atoms with van der Waals surface area (Å²) < 4.78 is 16.9. The highest BCUT2D eigenvalue weighted by molar-refractivity contribution is 7.81.